The predicted molar refractivity (Wildman–Crippen MR) is 98.0 cm³/mol. The summed E-state index contributed by atoms with van der Waals surface area (Å²) in [6.45, 7) is 4.87. The molecule has 0 radical (unpaired) electrons. The molecule has 26 heavy (non-hydrogen) atoms. The largest absolute Gasteiger partial charge is 0.454 e. The zero-order valence-corrected chi connectivity index (χ0v) is 15.4. The summed E-state index contributed by atoms with van der Waals surface area (Å²) in [7, 11) is 0. The molecule has 0 unspecified atom stereocenters. The summed E-state index contributed by atoms with van der Waals surface area (Å²) in [4.78, 5) is 17.2. The molecule has 2 heterocycles. The van der Waals surface area contributed by atoms with Crippen molar-refractivity contribution in [2.75, 3.05) is 33.0 Å². The van der Waals surface area contributed by atoms with Gasteiger partial charge >= 0.3 is 0 Å². The first-order chi connectivity index (χ1) is 12.7. The van der Waals surface area contributed by atoms with Gasteiger partial charge in [-0.1, -0.05) is 12.5 Å². The van der Waals surface area contributed by atoms with Crippen LogP contribution in [0.15, 0.2) is 18.2 Å². The van der Waals surface area contributed by atoms with Crippen LogP contribution in [-0.4, -0.2) is 48.7 Å². The van der Waals surface area contributed by atoms with E-state index < -0.39 is 0 Å². The predicted octanol–water partition coefficient (Wildman–Crippen LogP) is 2.89. The normalized spacial score (nSPS) is 30.2. The number of fused-ring (bicyclic) bond motifs is 3. The summed E-state index contributed by atoms with van der Waals surface area (Å²) >= 11 is 0. The fourth-order valence-electron chi connectivity index (χ4n) is 5.43. The SMILES string of the molecule is O=C(C[C@H]1C[C@H]2CC[C@H]1C2)N1CCN(Cc2ccc3c(c2)OCO3)CC1. The van der Waals surface area contributed by atoms with Gasteiger partial charge in [0.15, 0.2) is 11.5 Å². The van der Waals surface area contributed by atoms with Crippen molar-refractivity contribution in [2.45, 2.75) is 38.6 Å². The molecule has 5 rings (SSSR count). The average Bonchev–Trinajstić information content (AvgIpc) is 3.38. The quantitative estimate of drug-likeness (QED) is 0.832. The molecular formula is C21H28N2O3. The maximum absolute atomic E-state index is 12.7. The van der Waals surface area contributed by atoms with Crippen molar-refractivity contribution in [3.8, 4) is 11.5 Å². The Kier molecular flexibility index (Phi) is 4.27. The highest BCUT2D eigenvalue weighted by Crippen LogP contribution is 2.49. The highest BCUT2D eigenvalue weighted by molar-refractivity contribution is 5.76. The Morgan fingerprint density at radius 2 is 1.88 bits per heavy atom. The lowest BCUT2D eigenvalue weighted by Crippen LogP contribution is -2.48. The summed E-state index contributed by atoms with van der Waals surface area (Å²) < 4.78 is 10.8. The second-order valence-corrected chi connectivity index (χ2v) is 8.48. The van der Waals surface area contributed by atoms with E-state index in [1.54, 1.807) is 0 Å². The number of hydrogen-bond donors (Lipinski definition) is 0. The van der Waals surface area contributed by atoms with Gasteiger partial charge in [0.25, 0.3) is 0 Å². The van der Waals surface area contributed by atoms with E-state index in [0.717, 1.165) is 62.5 Å². The number of carbonyl (C=O) groups excluding carboxylic acids is 1. The van der Waals surface area contributed by atoms with Crippen molar-refractivity contribution in [3.05, 3.63) is 23.8 Å². The van der Waals surface area contributed by atoms with Crippen LogP contribution in [0.25, 0.3) is 0 Å². The first-order valence-corrected chi connectivity index (χ1v) is 10.1. The molecule has 2 aliphatic heterocycles. The van der Waals surface area contributed by atoms with Crippen LogP contribution in [0, 0.1) is 17.8 Å². The molecule has 140 valence electrons. The molecule has 0 N–H and O–H groups in total. The van der Waals surface area contributed by atoms with Crippen LogP contribution < -0.4 is 9.47 Å². The Hall–Kier alpha value is -1.75. The van der Waals surface area contributed by atoms with Gasteiger partial charge in [-0.3, -0.25) is 9.69 Å². The van der Waals surface area contributed by atoms with Crippen LogP contribution in [0.5, 0.6) is 11.5 Å². The van der Waals surface area contributed by atoms with Crippen molar-refractivity contribution < 1.29 is 14.3 Å². The van der Waals surface area contributed by atoms with E-state index in [2.05, 4.69) is 21.9 Å². The van der Waals surface area contributed by atoms with Crippen LogP contribution in [0.4, 0.5) is 0 Å². The molecule has 3 fully saturated rings. The minimum Gasteiger partial charge on any atom is -0.454 e. The monoisotopic (exact) mass is 356 g/mol. The van der Waals surface area contributed by atoms with Gasteiger partial charge in [0.05, 0.1) is 0 Å². The molecule has 1 aromatic carbocycles. The van der Waals surface area contributed by atoms with Gasteiger partial charge in [0.1, 0.15) is 0 Å². The molecule has 1 aromatic rings. The third kappa shape index (κ3) is 3.18. The van der Waals surface area contributed by atoms with Crippen LogP contribution >= 0.6 is 0 Å². The first kappa shape index (κ1) is 16.4. The van der Waals surface area contributed by atoms with Crippen molar-refractivity contribution in [3.63, 3.8) is 0 Å². The molecular weight excluding hydrogens is 328 g/mol. The lowest BCUT2D eigenvalue weighted by Gasteiger charge is -2.35. The molecule has 4 aliphatic rings. The summed E-state index contributed by atoms with van der Waals surface area (Å²) in [5, 5.41) is 0. The lowest BCUT2D eigenvalue weighted by atomic mass is 9.86. The number of piperazine rings is 1. The number of carbonyl (C=O) groups is 1. The van der Waals surface area contributed by atoms with Crippen LogP contribution in [0.1, 0.15) is 37.7 Å². The summed E-state index contributed by atoms with van der Waals surface area (Å²) in [6.07, 6.45) is 6.27. The Morgan fingerprint density at radius 1 is 1.04 bits per heavy atom. The summed E-state index contributed by atoms with van der Waals surface area (Å²) in [5.41, 5.74) is 1.25. The smallest absolute Gasteiger partial charge is 0.231 e. The van der Waals surface area contributed by atoms with E-state index in [1.165, 1.54) is 31.2 Å². The maximum atomic E-state index is 12.7. The molecule has 5 heteroatoms. The molecule has 0 spiro atoms. The maximum Gasteiger partial charge on any atom is 0.231 e. The number of benzene rings is 1. The Morgan fingerprint density at radius 3 is 2.65 bits per heavy atom. The van der Waals surface area contributed by atoms with Crippen LogP contribution in [0.2, 0.25) is 0 Å². The molecule has 5 nitrogen and oxygen atoms in total. The van der Waals surface area contributed by atoms with Crippen LogP contribution in [-0.2, 0) is 11.3 Å². The van der Waals surface area contributed by atoms with E-state index in [9.17, 15) is 4.79 Å². The standard InChI is InChI=1S/C21H28N2O3/c24-21(12-18-10-15-1-3-17(18)9-15)23-7-5-22(6-8-23)13-16-2-4-19-20(11-16)26-14-25-19/h2,4,11,15,17-18H,1,3,5-10,12-14H2/t15-,17-,18+/m0/s1. The van der Waals surface area contributed by atoms with Crippen molar-refractivity contribution >= 4 is 5.91 Å². The highest BCUT2D eigenvalue weighted by Gasteiger charge is 2.40. The highest BCUT2D eigenvalue weighted by atomic mass is 16.7. The van der Waals surface area contributed by atoms with E-state index in [0.29, 0.717) is 18.6 Å². The van der Waals surface area contributed by atoms with E-state index in [4.69, 9.17) is 9.47 Å². The second kappa shape index (κ2) is 6.76. The minimum atomic E-state index is 0.322. The molecule has 2 aliphatic carbocycles. The zero-order chi connectivity index (χ0) is 17.5. The van der Waals surface area contributed by atoms with Gasteiger partial charge in [-0.25, -0.2) is 0 Å². The van der Waals surface area contributed by atoms with Crippen LogP contribution in [0.3, 0.4) is 0 Å². The first-order valence-electron chi connectivity index (χ1n) is 10.1. The third-order valence-corrected chi connectivity index (χ3v) is 6.89. The van der Waals surface area contributed by atoms with Gasteiger partial charge in [-0.2, -0.15) is 0 Å². The molecule has 2 saturated carbocycles. The van der Waals surface area contributed by atoms with E-state index >= 15 is 0 Å². The van der Waals surface area contributed by atoms with E-state index in [-0.39, 0.29) is 0 Å². The van der Waals surface area contributed by atoms with Gasteiger partial charge in [0, 0.05) is 39.1 Å². The van der Waals surface area contributed by atoms with Crippen molar-refractivity contribution in [1.82, 2.24) is 9.80 Å². The average molecular weight is 356 g/mol. The van der Waals surface area contributed by atoms with Gasteiger partial charge < -0.3 is 14.4 Å². The molecule has 1 amide bonds. The fraction of sp³-hybridized carbons (Fsp3) is 0.667. The topological polar surface area (TPSA) is 42.0 Å². The number of hydrogen-bond acceptors (Lipinski definition) is 4. The van der Waals surface area contributed by atoms with Gasteiger partial charge in [-0.05, 0) is 54.7 Å². The Bertz CT molecular complexity index is 684. The third-order valence-electron chi connectivity index (χ3n) is 6.89. The number of rotatable bonds is 4. The number of amides is 1. The second-order valence-electron chi connectivity index (χ2n) is 8.48. The number of nitrogens with zero attached hydrogens (tertiary/aromatic N) is 2. The van der Waals surface area contributed by atoms with Crippen molar-refractivity contribution in [2.24, 2.45) is 17.8 Å². The van der Waals surface area contributed by atoms with Gasteiger partial charge in [0.2, 0.25) is 12.7 Å². The Balaban J connectivity index is 1.11. The van der Waals surface area contributed by atoms with Crippen molar-refractivity contribution in [1.29, 1.82) is 0 Å². The minimum absolute atomic E-state index is 0.322. The molecule has 3 atom stereocenters. The lowest BCUT2D eigenvalue weighted by molar-refractivity contribution is -0.134. The molecule has 1 saturated heterocycles. The van der Waals surface area contributed by atoms with Gasteiger partial charge in [-0.15, -0.1) is 0 Å². The van der Waals surface area contributed by atoms with E-state index in [1.807, 2.05) is 6.07 Å². The molecule has 2 bridgehead atoms. The molecule has 0 aromatic heterocycles. The zero-order valence-electron chi connectivity index (χ0n) is 15.4. The number of ether oxygens (including phenoxy) is 2. The summed E-state index contributed by atoms with van der Waals surface area (Å²) in [5.74, 6) is 4.53. The fourth-order valence-corrected chi connectivity index (χ4v) is 5.43. The Labute approximate surface area is 155 Å². The summed E-state index contributed by atoms with van der Waals surface area (Å²) in [6, 6.07) is 6.18.